The minimum atomic E-state index is -0.604. The van der Waals surface area contributed by atoms with Gasteiger partial charge in [-0.2, -0.15) is 0 Å². The molecular formula is C23H21NO6. The highest BCUT2D eigenvalue weighted by atomic mass is 16.5. The highest BCUT2D eigenvalue weighted by molar-refractivity contribution is 6.00. The van der Waals surface area contributed by atoms with Gasteiger partial charge in [0.05, 0.1) is 18.2 Å². The number of rotatable bonds is 5. The van der Waals surface area contributed by atoms with Crippen LogP contribution in [0.5, 0.6) is 11.5 Å². The molecule has 0 aliphatic carbocycles. The van der Waals surface area contributed by atoms with Gasteiger partial charge in [-0.05, 0) is 43.7 Å². The van der Waals surface area contributed by atoms with Gasteiger partial charge in [0.2, 0.25) is 5.91 Å². The Morgan fingerprint density at radius 2 is 1.97 bits per heavy atom. The normalized spacial score (nSPS) is 16.1. The van der Waals surface area contributed by atoms with Gasteiger partial charge in [0, 0.05) is 30.5 Å². The molecule has 7 nitrogen and oxygen atoms in total. The number of fused-ring (bicyclic) bond motifs is 1. The molecule has 7 heteroatoms. The van der Waals surface area contributed by atoms with Crippen LogP contribution >= 0.6 is 0 Å². The Kier molecular flexibility index (Phi) is 5.27. The van der Waals surface area contributed by atoms with E-state index in [0.29, 0.717) is 23.6 Å². The third-order valence-electron chi connectivity index (χ3n) is 5.06. The minimum absolute atomic E-state index is 0.0566. The van der Waals surface area contributed by atoms with E-state index >= 15 is 0 Å². The third-order valence-corrected chi connectivity index (χ3v) is 5.06. The zero-order valence-electron chi connectivity index (χ0n) is 16.7. The lowest BCUT2D eigenvalue weighted by Crippen LogP contribution is -2.27. The van der Waals surface area contributed by atoms with Crippen molar-refractivity contribution < 1.29 is 23.5 Å². The molecule has 1 aliphatic rings. The SMILES string of the molecule is CCOc1ccccc1N1C[C@@H](C(=O)Oc2ccc3c(C)cc(=O)oc3c2)CC1=O. The van der Waals surface area contributed by atoms with Gasteiger partial charge in [-0.15, -0.1) is 0 Å². The zero-order valence-corrected chi connectivity index (χ0v) is 16.7. The lowest BCUT2D eigenvalue weighted by molar-refractivity contribution is -0.139. The Labute approximate surface area is 172 Å². The Balaban J connectivity index is 1.52. The highest BCUT2D eigenvalue weighted by Crippen LogP contribution is 2.33. The van der Waals surface area contributed by atoms with Crippen LogP contribution in [-0.2, 0) is 9.59 Å². The topological polar surface area (TPSA) is 86.0 Å². The molecule has 30 heavy (non-hydrogen) atoms. The lowest BCUT2D eigenvalue weighted by atomic mass is 10.1. The molecule has 1 fully saturated rings. The van der Waals surface area contributed by atoms with Crippen LogP contribution in [0.15, 0.2) is 57.7 Å². The largest absolute Gasteiger partial charge is 0.492 e. The number of anilines is 1. The molecule has 0 bridgehead atoms. The first kappa shape index (κ1) is 19.7. The molecule has 0 spiro atoms. The van der Waals surface area contributed by atoms with E-state index in [1.165, 1.54) is 12.1 Å². The number of nitrogens with zero attached hydrogens (tertiary/aromatic N) is 1. The smallest absolute Gasteiger partial charge is 0.336 e. The molecule has 1 saturated heterocycles. The maximum absolute atomic E-state index is 12.7. The first-order chi connectivity index (χ1) is 14.5. The maximum atomic E-state index is 12.7. The van der Waals surface area contributed by atoms with E-state index in [1.54, 1.807) is 29.2 Å². The molecule has 0 unspecified atom stereocenters. The number of esters is 1. The van der Waals surface area contributed by atoms with Crippen LogP contribution in [0.25, 0.3) is 11.0 Å². The van der Waals surface area contributed by atoms with Crippen molar-refractivity contribution >= 4 is 28.5 Å². The molecule has 0 N–H and O–H groups in total. The fourth-order valence-electron chi connectivity index (χ4n) is 3.62. The molecule has 2 heterocycles. The van der Waals surface area contributed by atoms with E-state index in [9.17, 15) is 14.4 Å². The second kappa shape index (κ2) is 8.02. The van der Waals surface area contributed by atoms with Gasteiger partial charge in [-0.25, -0.2) is 4.79 Å². The van der Waals surface area contributed by atoms with E-state index < -0.39 is 17.5 Å². The van der Waals surface area contributed by atoms with Crippen molar-refractivity contribution in [3.8, 4) is 11.5 Å². The van der Waals surface area contributed by atoms with E-state index in [1.807, 2.05) is 26.0 Å². The Morgan fingerprint density at radius 1 is 1.17 bits per heavy atom. The van der Waals surface area contributed by atoms with E-state index in [0.717, 1.165) is 10.9 Å². The average Bonchev–Trinajstić information content (AvgIpc) is 3.10. The summed E-state index contributed by atoms with van der Waals surface area (Å²) in [5.41, 5.74) is 1.31. The Bertz CT molecular complexity index is 1180. The number of benzene rings is 2. The molecule has 154 valence electrons. The first-order valence-electron chi connectivity index (χ1n) is 9.74. The summed E-state index contributed by atoms with van der Waals surface area (Å²) in [6, 6.07) is 13.6. The molecule has 2 aromatic carbocycles. The molecule has 0 radical (unpaired) electrons. The van der Waals surface area contributed by atoms with Crippen molar-refractivity contribution in [2.75, 3.05) is 18.1 Å². The van der Waals surface area contributed by atoms with Crippen LogP contribution in [0, 0.1) is 12.8 Å². The average molecular weight is 407 g/mol. The quantitative estimate of drug-likeness (QED) is 0.366. The van der Waals surface area contributed by atoms with Crippen molar-refractivity contribution in [1.82, 2.24) is 0 Å². The van der Waals surface area contributed by atoms with Crippen molar-refractivity contribution in [3.05, 3.63) is 64.5 Å². The number of para-hydroxylation sites is 2. The zero-order chi connectivity index (χ0) is 21.3. The predicted molar refractivity (Wildman–Crippen MR) is 111 cm³/mol. The lowest BCUT2D eigenvalue weighted by Gasteiger charge is -2.20. The van der Waals surface area contributed by atoms with Crippen molar-refractivity contribution in [3.63, 3.8) is 0 Å². The molecule has 1 aromatic heterocycles. The van der Waals surface area contributed by atoms with Crippen LogP contribution in [-0.4, -0.2) is 25.0 Å². The van der Waals surface area contributed by atoms with Crippen LogP contribution in [0.3, 0.4) is 0 Å². The number of aryl methyl sites for hydroxylation is 1. The van der Waals surface area contributed by atoms with Gasteiger partial charge < -0.3 is 18.8 Å². The van der Waals surface area contributed by atoms with Gasteiger partial charge in [0.15, 0.2) is 0 Å². The van der Waals surface area contributed by atoms with Crippen molar-refractivity contribution in [2.45, 2.75) is 20.3 Å². The van der Waals surface area contributed by atoms with E-state index in [4.69, 9.17) is 13.9 Å². The number of hydrogen-bond acceptors (Lipinski definition) is 6. The minimum Gasteiger partial charge on any atom is -0.492 e. The van der Waals surface area contributed by atoms with Crippen LogP contribution in [0.4, 0.5) is 5.69 Å². The van der Waals surface area contributed by atoms with Crippen LogP contribution < -0.4 is 20.0 Å². The summed E-state index contributed by atoms with van der Waals surface area (Å²) in [5, 5.41) is 0.768. The monoisotopic (exact) mass is 407 g/mol. The van der Waals surface area contributed by atoms with Crippen LogP contribution in [0.1, 0.15) is 18.9 Å². The highest BCUT2D eigenvalue weighted by Gasteiger charge is 2.37. The molecular weight excluding hydrogens is 386 g/mol. The number of carbonyl (C=O) groups excluding carboxylic acids is 2. The van der Waals surface area contributed by atoms with Gasteiger partial charge in [-0.3, -0.25) is 9.59 Å². The van der Waals surface area contributed by atoms with Gasteiger partial charge >= 0.3 is 11.6 Å². The number of carbonyl (C=O) groups is 2. The maximum Gasteiger partial charge on any atom is 0.336 e. The van der Waals surface area contributed by atoms with Crippen molar-refractivity contribution in [2.24, 2.45) is 5.92 Å². The van der Waals surface area contributed by atoms with Crippen LogP contribution in [0.2, 0.25) is 0 Å². The molecule has 3 aromatic rings. The first-order valence-corrected chi connectivity index (χ1v) is 9.74. The Morgan fingerprint density at radius 3 is 2.77 bits per heavy atom. The van der Waals surface area contributed by atoms with Gasteiger partial charge in [0.25, 0.3) is 0 Å². The van der Waals surface area contributed by atoms with Gasteiger partial charge in [0.1, 0.15) is 17.1 Å². The second-order valence-corrected chi connectivity index (χ2v) is 7.13. The van der Waals surface area contributed by atoms with Crippen molar-refractivity contribution in [1.29, 1.82) is 0 Å². The molecule has 1 atom stereocenters. The molecule has 1 aliphatic heterocycles. The summed E-state index contributed by atoms with van der Waals surface area (Å²) in [7, 11) is 0. The fraction of sp³-hybridized carbons (Fsp3) is 0.261. The predicted octanol–water partition coefficient (Wildman–Crippen LogP) is 3.46. The number of ether oxygens (including phenoxy) is 2. The summed E-state index contributed by atoms with van der Waals surface area (Å²) in [4.78, 5) is 38.4. The summed E-state index contributed by atoms with van der Waals surface area (Å²) >= 11 is 0. The van der Waals surface area contributed by atoms with E-state index in [-0.39, 0.29) is 24.6 Å². The summed E-state index contributed by atoms with van der Waals surface area (Å²) in [5.74, 6) is -0.408. The van der Waals surface area contributed by atoms with E-state index in [2.05, 4.69) is 0 Å². The molecule has 4 rings (SSSR count). The fourth-order valence-corrected chi connectivity index (χ4v) is 3.62. The molecule has 1 amide bonds. The summed E-state index contributed by atoms with van der Waals surface area (Å²) < 4.78 is 16.3. The number of hydrogen-bond donors (Lipinski definition) is 0. The number of amides is 1. The Hall–Kier alpha value is -3.61. The third kappa shape index (κ3) is 3.78. The summed E-state index contributed by atoms with van der Waals surface area (Å²) in [6.45, 7) is 4.37. The standard InChI is InChI=1S/C23H21NO6/c1-3-28-19-7-5-4-6-18(19)24-13-15(11-21(24)25)23(27)29-16-8-9-17-14(2)10-22(26)30-20(17)12-16/h4-10,12,15H,3,11,13H2,1-2H3/t15-/m0/s1. The summed E-state index contributed by atoms with van der Waals surface area (Å²) in [6.07, 6.45) is 0.0566. The molecule has 0 saturated carbocycles. The second-order valence-electron chi connectivity index (χ2n) is 7.13. The van der Waals surface area contributed by atoms with Gasteiger partial charge in [-0.1, -0.05) is 12.1 Å².